The van der Waals surface area contributed by atoms with E-state index in [4.69, 9.17) is 0 Å². The molecule has 3 heteroatoms. The van der Waals surface area contributed by atoms with Crippen LogP contribution < -0.4 is 21.5 Å². The molecule has 0 saturated heterocycles. The molecule has 0 aliphatic carbocycles. The Balaban J connectivity index is 0.000000173. The van der Waals surface area contributed by atoms with Crippen molar-refractivity contribution in [1.29, 1.82) is 0 Å². The summed E-state index contributed by atoms with van der Waals surface area (Å²) in [5.41, 5.74) is 0. The molecule has 6 aromatic carbocycles. The van der Waals surface area contributed by atoms with Crippen LogP contribution in [0.4, 0.5) is 0 Å². The van der Waals surface area contributed by atoms with E-state index in [0.717, 1.165) is 9.52 Å². The molecule has 0 aliphatic rings. The summed E-state index contributed by atoms with van der Waals surface area (Å²) in [7, 11) is 1.08. The van der Waals surface area contributed by atoms with E-state index in [9.17, 15) is 0 Å². The van der Waals surface area contributed by atoms with Crippen molar-refractivity contribution in [3.8, 4) is 0 Å². The van der Waals surface area contributed by atoms with Crippen molar-refractivity contribution in [2.45, 2.75) is 13.1 Å². The fourth-order valence-electron chi connectivity index (χ4n) is 4.63. The maximum atomic E-state index is 2.29. The van der Waals surface area contributed by atoms with Gasteiger partial charge in [0.05, 0.1) is 0 Å². The van der Waals surface area contributed by atoms with Gasteiger partial charge in [-0.3, -0.25) is 0 Å². The third-order valence-corrected chi connectivity index (χ3v) is 22.0. The molecule has 0 bridgehead atoms. The average Bonchev–Trinajstić information content (AvgIpc) is 3.05. The summed E-state index contributed by atoms with van der Waals surface area (Å²) in [4.78, 5) is 0. The molecule has 0 spiro atoms. The van der Waals surface area contributed by atoms with Gasteiger partial charge in [0.1, 0.15) is 0 Å². The number of hydrogen-bond acceptors (Lipinski definition) is 0. The van der Waals surface area contributed by atoms with Crippen LogP contribution in [0.5, 0.6) is 0 Å². The zero-order valence-electron chi connectivity index (χ0n) is 23.8. The summed E-state index contributed by atoms with van der Waals surface area (Å²) < 4.78 is 9.18. The van der Waals surface area contributed by atoms with Gasteiger partial charge >= 0.3 is 243 Å². The summed E-state index contributed by atoms with van der Waals surface area (Å²) in [5.74, 6) is 0. The first-order valence-electron chi connectivity index (χ1n) is 14.0. The van der Waals surface area contributed by atoms with Crippen molar-refractivity contribution in [2.75, 3.05) is 0 Å². The van der Waals surface area contributed by atoms with Crippen LogP contribution in [0.25, 0.3) is 0 Å². The maximum absolute atomic E-state index is 2.29. The fourth-order valence-corrected chi connectivity index (χ4v) is 19.3. The Bertz CT molecular complexity index is 1190. The fraction of sp³-hybridized carbons (Fsp3) is 0.0526. The van der Waals surface area contributed by atoms with E-state index in [0.29, 0.717) is 0 Å². The van der Waals surface area contributed by atoms with Gasteiger partial charge in [0.2, 0.25) is 0 Å². The zero-order chi connectivity index (χ0) is 28.5. The molecule has 0 nitrogen and oxygen atoms in total. The van der Waals surface area contributed by atoms with Crippen LogP contribution >= 0.6 is 0 Å². The molecule has 6 aromatic rings. The van der Waals surface area contributed by atoms with E-state index in [1.807, 2.05) is 0 Å². The van der Waals surface area contributed by atoms with Crippen molar-refractivity contribution < 1.29 is 0 Å². The molecule has 200 valence electrons. The topological polar surface area (TPSA) is 0 Å². The van der Waals surface area contributed by atoms with E-state index >= 15 is 0 Å². The SMILES string of the molecule is C[Si]C.c1cc[c]([Sn]([c]2ccccc2)[c]2ccccc2)cc1.c1cc[c]([Sn]([c]2ccccc2)[c]2ccccc2)cc1. The van der Waals surface area contributed by atoms with Gasteiger partial charge in [-0.1, -0.05) is 13.1 Å². The Kier molecular flexibility index (Phi) is 13.5. The van der Waals surface area contributed by atoms with Gasteiger partial charge in [-0.05, 0) is 0 Å². The summed E-state index contributed by atoms with van der Waals surface area (Å²) in [6.45, 7) is 4.31. The van der Waals surface area contributed by atoms with Crippen LogP contribution in [-0.4, -0.2) is 49.0 Å². The van der Waals surface area contributed by atoms with Gasteiger partial charge in [-0.25, -0.2) is 0 Å². The zero-order valence-corrected chi connectivity index (χ0v) is 30.5. The monoisotopic (exact) mass is 760 g/mol. The van der Waals surface area contributed by atoms with Gasteiger partial charge < -0.3 is 0 Å². The Morgan fingerprint density at radius 3 is 0.512 bits per heavy atom. The second-order valence-corrected chi connectivity index (χ2v) is 24.6. The summed E-state index contributed by atoms with van der Waals surface area (Å²) in [6.07, 6.45) is 0. The molecule has 0 aliphatic heterocycles. The molecular weight excluding hydrogens is 722 g/mol. The molecule has 0 aromatic heterocycles. The normalized spacial score (nSPS) is 10.2. The number of hydrogen-bond donors (Lipinski definition) is 0. The third kappa shape index (κ3) is 9.59. The van der Waals surface area contributed by atoms with E-state index in [1.54, 1.807) is 0 Å². The van der Waals surface area contributed by atoms with Gasteiger partial charge in [0.15, 0.2) is 0 Å². The standard InChI is InChI=1S/6C6H5.C2H6Si.2Sn/c6*1-2-4-6-5-3-1;1-3-2;;/h6*1-5H;1-2H3;;. The first-order valence-corrected chi connectivity index (χ1v) is 24.5. The molecule has 41 heavy (non-hydrogen) atoms. The van der Waals surface area contributed by atoms with Crippen LogP contribution in [0.2, 0.25) is 13.1 Å². The van der Waals surface area contributed by atoms with Crippen molar-refractivity contribution in [3.63, 3.8) is 0 Å². The molecule has 0 saturated carbocycles. The van der Waals surface area contributed by atoms with Gasteiger partial charge in [0.25, 0.3) is 0 Å². The van der Waals surface area contributed by atoms with E-state index < -0.39 is 39.5 Å². The van der Waals surface area contributed by atoms with E-state index in [-0.39, 0.29) is 0 Å². The summed E-state index contributed by atoms with van der Waals surface area (Å²) >= 11 is -3.96. The molecule has 6 rings (SSSR count). The Morgan fingerprint density at radius 1 is 0.268 bits per heavy atom. The molecule has 0 unspecified atom stereocenters. The van der Waals surface area contributed by atoms with Crippen LogP contribution in [0.1, 0.15) is 0 Å². The van der Waals surface area contributed by atoms with E-state index in [2.05, 4.69) is 195 Å². The molecule has 4 radical (unpaired) electrons. The first kappa shape index (κ1) is 31.1. The van der Waals surface area contributed by atoms with Gasteiger partial charge in [-0.2, -0.15) is 0 Å². The second kappa shape index (κ2) is 17.8. The van der Waals surface area contributed by atoms with Crippen molar-refractivity contribution in [3.05, 3.63) is 182 Å². The number of benzene rings is 6. The Labute approximate surface area is 263 Å². The van der Waals surface area contributed by atoms with Crippen molar-refractivity contribution >= 4 is 70.5 Å². The van der Waals surface area contributed by atoms with Crippen molar-refractivity contribution in [1.82, 2.24) is 0 Å². The van der Waals surface area contributed by atoms with Crippen LogP contribution in [0.3, 0.4) is 0 Å². The van der Waals surface area contributed by atoms with Crippen LogP contribution in [0, 0.1) is 0 Å². The average molecular weight is 758 g/mol. The summed E-state index contributed by atoms with van der Waals surface area (Å²) in [5, 5.41) is 0. The number of rotatable bonds is 6. The Morgan fingerprint density at radius 2 is 0.390 bits per heavy atom. The second-order valence-electron chi connectivity index (χ2n) is 9.45. The minimum atomic E-state index is -1.98. The molecular formula is C38H36SiSn2. The van der Waals surface area contributed by atoms with Crippen molar-refractivity contribution in [2.24, 2.45) is 0 Å². The molecule has 0 heterocycles. The van der Waals surface area contributed by atoms with E-state index in [1.165, 1.54) is 21.5 Å². The van der Waals surface area contributed by atoms with Crippen LogP contribution in [0.15, 0.2) is 182 Å². The molecule has 0 amide bonds. The summed E-state index contributed by atoms with van der Waals surface area (Å²) in [6, 6.07) is 65.9. The van der Waals surface area contributed by atoms with Gasteiger partial charge in [0, 0.05) is 9.52 Å². The quantitative estimate of drug-likeness (QED) is 0.206. The van der Waals surface area contributed by atoms with Gasteiger partial charge in [-0.15, -0.1) is 0 Å². The minimum absolute atomic E-state index is 1.08. The van der Waals surface area contributed by atoms with Crippen LogP contribution in [-0.2, 0) is 0 Å². The molecule has 0 N–H and O–H groups in total. The predicted octanol–water partition coefficient (Wildman–Crippen LogP) is 5.19. The predicted molar refractivity (Wildman–Crippen MR) is 185 cm³/mol. The molecule has 0 atom stereocenters. The third-order valence-electron chi connectivity index (χ3n) is 6.37. The molecule has 0 fully saturated rings. The first-order chi connectivity index (χ1) is 20.3. The Hall–Kier alpha value is -2.87.